The first-order valence-corrected chi connectivity index (χ1v) is 14.5. The third-order valence-corrected chi connectivity index (χ3v) is 7.93. The molecular formula is C32H28N2O7S. The molecule has 0 spiro atoms. The summed E-state index contributed by atoms with van der Waals surface area (Å²) in [6, 6.07) is 25.8. The molecule has 1 unspecified atom stereocenters. The monoisotopic (exact) mass is 584 g/mol. The van der Waals surface area contributed by atoms with Gasteiger partial charge in [-0.15, -0.1) is 0 Å². The molecule has 1 saturated heterocycles. The quantitative estimate of drug-likeness (QED) is 0.172. The number of benzene rings is 4. The van der Waals surface area contributed by atoms with Gasteiger partial charge in [0.15, 0.2) is 0 Å². The number of ketones is 1. The second-order valence-corrected chi connectivity index (χ2v) is 11.3. The Balaban J connectivity index is 1.56. The van der Waals surface area contributed by atoms with Crippen molar-refractivity contribution < 1.29 is 32.6 Å². The van der Waals surface area contributed by atoms with Crippen molar-refractivity contribution in [3.8, 4) is 11.5 Å². The molecule has 3 N–H and O–H groups in total. The van der Waals surface area contributed by atoms with Crippen LogP contribution in [0.1, 0.15) is 28.3 Å². The van der Waals surface area contributed by atoms with E-state index in [-0.39, 0.29) is 21.9 Å². The molecule has 0 radical (unpaired) electrons. The Morgan fingerprint density at radius 1 is 0.929 bits per heavy atom. The van der Waals surface area contributed by atoms with E-state index in [2.05, 4.69) is 0 Å². The second kappa shape index (κ2) is 11.5. The number of nitrogens with two attached hydrogens (primary N) is 1. The van der Waals surface area contributed by atoms with Crippen molar-refractivity contribution in [1.82, 2.24) is 0 Å². The number of nitrogens with zero attached hydrogens (tertiary/aromatic N) is 1. The predicted molar refractivity (Wildman–Crippen MR) is 158 cm³/mol. The third kappa shape index (κ3) is 5.63. The van der Waals surface area contributed by atoms with E-state index in [0.717, 1.165) is 11.1 Å². The number of aryl methyl sites for hydroxylation is 1. The molecule has 1 aliphatic rings. The summed E-state index contributed by atoms with van der Waals surface area (Å²) in [5.41, 5.74) is 2.74. The number of methoxy groups -OCH3 is 1. The van der Waals surface area contributed by atoms with Crippen LogP contribution in [0.3, 0.4) is 0 Å². The van der Waals surface area contributed by atoms with Gasteiger partial charge in [0.05, 0.1) is 23.6 Å². The topological polar surface area (TPSA) is 136 Å². The van der Waals surface area contributed by atoms with Crippen molar-refractivity contribution in [3.63, 3.8) is 0 Å². The molecule has 1 heterocycles. The molecular weight excluding hydrogens is 556 g/mol. The first kappa shape index (κ1) is 28.6. The Kier molecular flexibility index (Phi) is 7.84. The highest BCUT2D eigenvalue weighted by Gasteiger charge is 2.47. The molecule has 1 atom stereocenters. The largest absolute Gasteiger partial charge is 0.507 e. The molecule has 0 aromatic heterocycles. The number of anilines is 1. The van der Waals surface area contributed by atoms with Gasteiger partial charge in [-0.2, -0.15) is 0 Å². The fraction of sp³-hybridized carbons (Fsp3) is 0.125. The number of sulfonamides is 1. The summed E-state index contributed by atoms with van der Waals surface area (Å²) >= 11 is 0. The highest BCUT2D eigenvalue weighted by Crippen LogP contribution is 2.43. The molecule has 0 saturated carbocycles. The van der Waals surface area contributed by atoms with E-state index in [1.165, 1.54) is 36.3 Å². The van der Waals surface area contributed by atoms with E-state index < -0.39 is 27.8 Å². The third-order valence-electron chi connectivity index (χ3n) is 7.00. The Morgan fingerprint density at radius 2 is 1.60 bits per heavy atom. The van der Waals surface area contributed by atoms with Crippen LogP contribution in [0, 0.1) is 6.92 Å². The summed E-state index contributed by atoms with van der Waals surface area (Å²) in [5.74, 6) is -0.936. The lowest BCUT2D eigenvalue weighted by atomic mass is 9.94. The van der Waals surface area contributed by atoms with E-state index >= 15 is 0 Å². The average molecular weight is 585 g/mol. The minimum Gasteiger partial charge on any atom is -0.507 e. The lowest BCUT2D eigenvalue weighted by Gasteiger charge is -2.25. The van der Waals surface area contributed by atoms with Crippen molar-refractivity contribution in [2.75, 3.05) is 12.0 Å². The smallest absolute Gasteiger partial charge is 0.300 e. The second-order valence-electron chi connectivity index (χ2n) is 9.74. The number of primary sulfonamides is 1. The minimum absolute atomic E-state index is 0.113. The maximum absolute atomic E-state index is 13.5. The lowest BCUT2D eigenvalue weighted by molar-refractivity contribution is -0.132. The van der Waals surface area contributed by atoms with E-state index in [1.54, 1.807) is 42.5 Å². The number of Topliss-reactive ketones (excluding diaryl/α,β-unsaturated/α-hetero) is 1. The molecule has 5 rings (SSSR count). The van der Waals surface area contributed by atoms with Gasteiger partial charge in [-0.05, 0) is 78.2 Å². The van der Waals surface area contributed by atoms with Crippen LogP contribution < -0.4 is 19.5 Å². The molecule has 0 bridgehead atoms. The van der Waals surface area contributed by atoms with Gasteiger partial charge in [0.25, 0.3) is 11.7 Å². The SMILES string of the molecule is COc1ccc(C2/C(=C(\O)c3ccc(OCc4ccccc4)c(C)c3)C(=O)C(=O)N2c2ccc(S(N)(=O)=O)cc2)cc1. The maximum atomic E-state index is 13.5. The number of hydrogen-bond acceptors (Lipinski definition) is 7. The highest BCUT2D eigenvalue weighted by atomic mass is 32.2. The van der Waals surface area contributed by atoms with Crippen molar-refractivity contribution in [1.29, 1.82) is 0 Å². The summed E-state index contributed by atoms with van der Waals surface area (Å²) in [5, 5.41) is 16.7. The van der Waals surface area contributed by atoms with Crippen LogP contribution in [-0.4, -0.2) is 32.3 Å². The van der Waals surface area contributed by atoms with Crippen molar-refractivity contribution in [2.24, 2.45) is 5.14 Å². The van der Waals surface area contributed by atoms with Crippen LogP contribution in [0.2, 0.25) is 0 Å². The summed E-state index contributed by atoms with van der Waals surface area (Å²) in [4.78, 5) is 28.0. The van der Waals surface area contributed by atoms with Crippen LogP contribution in [0.25, 0.3) is 5.76 Å². The van der Waals surface area contributed by atoms with Gasteiger partial charge in [0.2, 0.25) is 10.0 Å². The molecule has 214 valence electrons. The van der Waals surface area contributed by atoms with Crippen LogP contribution >= 0.6 is 0 Å². The Hall–Kier alpha value is -4.93. The highest BCUT2D eigenvalue weighted by molar-refractivity contribution is 7.89. The Morgan fingerprint density at radius 3 is 2.19 bits per heavy atom. The zero-order valence-corrected chi connectivity index (χ0v) is 23.7. The normalized spacial score (nSPS) is 16.5. The van der Waals surface area contributed by atoms with E-state index in [0.29, 0.717) is 29.2 Å². The van der Waals surface area contributed by atoms with Crippen molar-refractivity contribution >= 4 is 33.2 Å². The summed E-state index contributed by atoms with van der Waals surface area (Å²) in [6.07, 6.45) is 0. The van der Waals surface area contributed by atoms with Crippen LogP contribution in [-0.2, 0) is 26.2 Å². The summed E-state index contributed by atoms with van der Waals surface area (Å²) in [6.45, 7) is 2.18. The molecule has 10 heteroatoms. The molecule has 1 amide bonds. The fourth-order valence-electron chi connectivity index (χ4n) is 4.85. The van der Waals surface area contributed by atoms with E-state index in [1.807, 2.05) is 37.3 Å². The van der Waals surface area contributed by atoms with Gasteiger partial charge in [-0.25, -0.2) is 13.6 Å². The van der Waals surface area contributed by atoms with E-state index in [4.69, 9.17) is 14.6 Å². The van der Waals surface area contributed by atoms with Gasteiger partial charge >= 0.3 is 0 Å². The van der Waals surface area contributed by atoms with Crippen molar-refractivity contribution in [2.45, 2.75) is 24.5 Å². The fourth-order valence-corrected chi connectivity index (χ4v) is 5.36. The van der Waals surface area contributed by atoms with Gasteiger partial charge in [0.1, 0.15) is 23.9 Å². The zero-order valence-electron chi connectivity index (χ0n) is 22.9. The van der Waals surface area contributed by atoms with Gasteiger partial charge < -0.3 is 14.6 Å². The standard InChI is InChI=1S/C32H28N2O7S/c1-20-18-23(10-17-27(20)41-19-21-6-4-3-5-7-21)30(35)28-29(22-8-13-25(40-2)14-9-22)34(32(37)31(28)36)24-11-15-26(16-12-24)42(33,38)39/h3-18,29,35H,19H2,1-2H3,(H2,33,38,39)/b30-28+. The van der Waals surface area contributed by atoms with E-state index in [9.17, 15) is 23.1 Å². The molecule has 4 aromatic rings. The van der Waals surface area contributed by atoms with Gasteiger partial charge in [-0.3, -0.25) is 14.5 Å². The first-order chi connectivity index (χ1) is 20.1. The molecule has 9 nitrogen and oxygen atoms in total. The molecule has 4 aromatic carbocycles. The number of hydrogen-bond donors (Lipinski definition) is 2. The average Bonchev–Trinajstić information content (AvgIpc) is 3.26. The minimum atomic E-state index is -3.97. The predicted octanol–water partition coefficient (Wildman–Crippen LogP) is 4.86. The number of carbonyl (C=O) groups is 2. The number of aliphatic hydroxyl groups excluding tert-OH is 1. The number of ether oxygens (including phenoxy) is 2. The summed E-state index contributed by atoms with van der Waals surface area (Å²) < 4.78 is 34.8. The maximum Gasteiger partial charge on any atom is 0.300 e. The Labute approximate surface area is 243 Å². The molecule has 1 aliphatic heterocycles. The van der Waals surface area contributed by atoms with Crippen LogP contribution in [0.5, 0.6) is 11.5 Å². The van der Waals surface area contributed by atoms with Crippen LogP contribution in [0.15, 0.2) is 108 Å². The van der Waals surface area contributed by atoms with Gasteiger partial charge in [0, 0.05) is 11.3 Å². The number of amides is 1. The molecule has 1 fully saturated rings. The summed E-state index contributed by atoms with van der Waals surface area (Å²) in [7, 11) is -2.46. The zero-order chi connectivity index (χ0) is 30.0. The first-order valence-electron chi connectivity index (χ1n) is 12.9. The number of aliphatic hydroxyl groups is 1. The van der Waals surface area contributed by atoms with Gasteiger partial charge in [-0.1, -0.05) is 42.5 Å². The molecule has 0 aliphatic carbocycles. The van der Waals surface area contributed by atoms with Crippen molar-refractivity contribution in [3.05, 3.63) is 125 Å². The Bertz CT molecular complexity index is 1780. The number of carbonyl (C=O) groups excluding carboxylic acids is 2. The lowest BCUT2D eigenvalue weighted by Crippen LogP contribution is -2.29. The number of rotatable bonds is 8. The van der Waals surface area contributed by atoms with Crippen LogP contribution in [0.4, 0.5) is 5.69 Å². The molecule has 42 heavy (non-hydrogen) atoms.